The maximum atomic E-state index is 10.6. The zero-order valence-electron chi connectivity index (χ0n) is 11.0. The first-order valence-corrected chi connectivity index (χ1v) is 6.95. The highest BCUT2D eigenvalue weighted by molar-refractivity contribution is 9.10. The molecule has 0 aliphatic carbocycles. The maximum absolute atomic E-state index is 10.6. The molecule has 2 N–H and O–H groups in total. The van der Waals surface area contributed by atoms with Crippen LogP contribution < -0.4 is 5.32 Å². The van der Waals surface area contributed by atoms with Gasteiger partial charge >= 0.3 is 5.97 Å². The quantitative estimate of drug-likeness (QED) is 0.554. The van der Waals surface area contributed by atoms with E-state index in [0.717, 1.165) is 6.42 Å². The lowest BCUT2D eigenvalue weighted by atomic mass is 10.0. The molecule has 0 saturated carbocycles. The van der Waals surface area contributed by atoms with Gasteiger partial charge in [-0.15, -0.1) is 0 Å². The molecule has 0 bridgehead atoms. The number of pyridine rings is 1. The highest BCUT2D eigenvalue weighted by Crippen LogP contribution is 2.24. The number of carboxylic acid groups (broad SMARTS) is 1. The van der Waals surface area contributed by atoms with Gasteiger partial charge in [0.05, 0.1) is 9.40 Å². The maximum Gasteiger partial charge on any atom is 0.303 e. The zero-order chi connectivity index (χ0) is 15.1. The fraction of sp³-hybridized carbons (Fsp3) is 0.500. The number of hydrogen-bond donors (Lipinski definition) is 2. The summed E-state index contributed by atoms with van der Waals surface area (Å²) in [7, 11) is 0. The Labute approximate surface area is 124 Å². The van der Waals surface area contributed by atoms with E-state index in [9.17, 15) is 14.9 Å². The van der Waals surface area contributed by atoms with E-state index in [-0.39, 0.29) is 18.0 Å². The third-order valence-electron chi connectivity index (χ3n) is 2.82. The van der Waals surface area contributed by atoms with Crippen LogP contribution in [-0.4, -0.2) is 27.5 Å². The van der Waals surface area contributed by atoms with Gasteiger partial charge in [-0.3, -0.25) is 14.9 Å². The third kappa shape index (κ3) is 5.52. The Kier molecular flexibility index (Phi) is 6.37. The van der Waals surface area contributed by atoms with Crippen LogP contribution in [0.3, 0.4) is 0 Å². The minimum atomic E-state index is -0.787. The Morgan fingerprint density at radius 2 is 2.30 bits per heavy atom. The van der Waals surface area contributed by atoms with Crippen LogP contribution in [0.2, 0.25) is 0 Å². The smallest absolute Gasteiger partial charge is 0.303 e. The molecule has 1 heterocycles. The molecule has 0 spiro atoms. The van der Waals surface area contributed by atoms with Crippen LogP contribution in [0.5, 0.6) is 0 Å². The summed E-state index contributed by atoms with van der Waals surface area (Å²) in [5.74, 6) is 0.0426. The number of anilines is 1. The Bertz CT molecular complexity index is 496. The molecular formula is C12H16BrN3O4. The molecule has 0 aliphatic rings. The van der Waals surface area contributed by atoms with Crippen molar-refractivity contribution in [2.75, 3.05) is 11.9 Å². The van der Waals surface area contributed by atoms with Crippen LogP contribution in [0.1, 0.15) is 26.2 Å². The molecular weight excluding hydrogens is 330 g/mol. The summed E-state index contributed by atoms with van der Waals surface area (Å²) in [5.41, 5.74) is -0.0720. The summed E-state index contributed by atoms with van der Waals surface area (Å²) < 4.78 is 0.532. The molecule has 0 aromatic carbocycles. The molecule has 1 aromatic rings. The fourth-order valence-corrected chi connectivity index (χ4v) is 2.09. The van der Waals surface area contributed by atoms with Gasteiger partial charge in [0.25, 0.3) is 5.69 Å². The summed E-state index contributed by atoms with van der Waals surface area (Å²) in [4.78, 5) is 24.5. The van der Waals surface area contributed by atoms with E-state index in [4.69, 9.17) is 5.11 Å². The van der Waals surface area contributed by atoms with Crippen LogP contribution in [-0.2, 0) is 4.79 Å². The molecule has 1 atom stereocenters. The zero-order valence-corrected chi connectivity index (χ0v) is 12.6. The van der Waals surface area contributed by atoms with Gasteiger partial charge in [0.1, 0.15) is 12.0 Å². The molecule has 1 unspecified atom stereocenters. The van der Waals surface area contributed by atoms with Crippen molar-refractivity contribution in [3.05, 3.63) is 26.9 Å². The topological polar surface area (TPSA) is 105 Å². The number of nitrogens with one attached hydrogen (secondary N) is 1. The Morgan fingerprint density at radius 1 is 1.60 bits per heavy atom. The van der Waals surface area contributed by atoms with Crippen LogP contribution in [0.25, 0.3) is 0 Å². The number of halogens is 1. The number of aliphatic carboxylic acids is 1. The predicted octanol–water partition coefficient (Wildman–Crippen LogP) is 3.06. The predicted molar refractivity (Wildman–Crippen MR) is 77.7 cm³/mol. The van der Waals surface area contributed by atoms with Gasteiger partial charge in [0.2, 0.25) is 0 Å². The number of carboxylic acids is 1. The first-order chi connectivity index (χ1) is 9.40. The van der Waals surface area contributed by atoms with Crippen LogP contribution in [0, 0.1) is 16.0 Å². The van der Waals surface area contributed by atoms with E-state index in [0.29, 0.717) is 23.3 Å². The minimum Gasteiger partial charge on any atom is -0.481 e. The number of nitro groups is 1. The molecule has 20 heavy (non-hydrogen) atoms. The van der Waals surface area contributed by atoms with Crippen molar-refractivity contribution >= 4 is 33.4 Å². The van der Waals surface area contributed by atoms with Crippen molar-refractivity contribution in [2.24, 2.45) is 5.92 Å². The van der Waals surface area contributed by atoms with Gasteiger partial charge < -0.3 is 10.4 Å². The monoisotopic (exact) mass is 345 g/mol. The lowest BCUT2D eigenvalue weighted by Gasteiger charge is -2.11. The third-order valence-corrected chi connectivity index (χ3v) is 3.42. The van der Waals surface area contributed by atoms with Crippen molar-refractivity contribution in [1.82, 2.24) is 4.98 Å². The minimum absolute atomic E-state index is 0.0720. The van der Waals surface area contributed by atoms with Gasteiger partial charge in [0.15, 0.2) is 0 Å². The lowest BCUT2D eigenvalue weighted by molar-refractivity contribution is -0.385. The molecule has 1 rings (SSSR count). The molecule has 8 heteroatoms. The van der Waals surface area contributed by atoms with Crippen molar-refractivity contribution < 1.29 is 14.8 Å². The first-order valence-electron chi connectivity index (χ1n) is 6.15. The summed E-state index contributed by atoms with van der Waals surface area (Å²) in [5, 5.41) is 22.2. The summed E-state index contributed by atoms with van der Waals surface area (Å²) in [6, 6.07) is 1.39. The number of aromatic nitrogens is 1. The molecule has 110 valence electrons. The molecule has 0 radical (unpaired) electrons. The van der Waals surface area contributed by atoms with Gasteiger partial charge in [-0.2, -0.15) is 0 Å². The van der Waals surface area contributed by atoms with Crippen LogP contribution >= 0.6 is 15.9 Å². The molecule has 0 fully saturated rings. The highest BCUT2D eigenvalue weighted by Gasteiger charge is 2.11. The molecule has 0 saturated heterocycles. The Hall–Kier alpha value is -1.70. The van der Waals surface area contributed by atoms with Gasteiger partial charge in [0, 0.05) is 19.0 Å². The average Bonchev–Trinajstić information content (AvgIpc) is 2.38. The number of carbonyl (C=O) groups is 1. The van der Waals surface area contributed by atoms with E-state index in [1.165, 1.54) is 12.3 Å². The summed E-state index contributed by atoms with van der Waals surface area (Å²) in [6.07, 6.45) is 2.80. The van der Waals surface area contributed by atoms with E-state index in [2.05, 4.69) is 26.2 Å². The Balaban J connectivity index is 2.42. The number of rotatable bonds is 8. The first kappa shape index (κ1) is 16.4. The second-order valence-electron chi connectivity index (χ2n) is 4.53. The van der Waals surface area contributed by atoms with Crippen LogP contribution in [0.15, 0.2) is 16.7 Å². The second-order valence-corrected chi connectivity index (χ2v) is 5.39. The van der Waals surface area contributed by atoms with Crippen molar-refractivity contribution in [1.29, 1.82) is 0 Å². The normalized spacial score (nSPS) is 11.9. The molecule has 0 amide bonds. The van der Waals surface area contributed by atoms with Gasteiger partial charge in [-0.05, 0) is 34.7 Å². The van der Waals surface area contributed by atoms with Crippen LogP contribution in [0.4, 0.5) is 11.5 Å². The van der Waals surface area contributed by atoms with Gasteiger partial charge in [-0.1, -0.05) is 6.92 Å². The molecule has 1 aromatic heterocycles. The van der Waals surface area contributed by atoms with E-state index in [1.54, 1.807) is 0 Å². The van der Waals surface area contributed by atoms with E-state index < -0.39 is 10.9 Å². The number of hydrogen-bond acceptors (Lipinski definition) is 5. The second kappa shape index (κ2) is 7.78. The van der Waals surface area contributed by atoms with Crippen molar-refractivity contribution in [3.63, 3.8) is 0 Å². The van der Waals surface area contributed by atoms with Crippen molar-refractivity contribution in [3.8, 4) is 0 Å². The Morgan fingerprint density at radius 3 is 2.85 bits per heavy atom. The fourth-order valence-electron chi connectivity index (χ4n) is 1.61. The van der Waals surface area contributed by atoms with Crippen molar-refractivity contribution in [2.45, 2.75) is 26.2 Å². The standard InChI is InChI=1S/C12H16BrN3O4/c1-8(2-3-11(17)18)4-5-14-12-10(13)6-9(7-15-12)16(19)20/h6-8H,2-5H2,1H3,(H,14,15)(H,17,18). The lowest BCUT2D eigenvalue weighted by Crippen LogP contribution is -2.09. The summed E-state index contributed by atoms with van der Waals surface area (Å²) in [6.45, 7) is 2.62. The molecule has 0 aliphatic heterocycles. The largest absolute Gasteiger partial charge is 0.481 e. The summed E-state index contributed by atoms with van der Waals surface area (Å²) >= 11 is 3.23. The SMILES string of the molecule is CC(CCNc1ncc([N+](=O)[O-])cc1Br)CCC(=O)O. The highest BCUT2D eigenvalue weighted by atomic mass is 79.9. The number of nitrogens with zero attached hydrogens (tertiary/aromatic N) is 2. The molecule has 7 nitrogen and oxygen atoms in total. The van der Waals surface area contributed by atoms with E-state index >= 15 is 0 Å². The van der Waals surface area contributed by atoms with E-state index in [1.807, 2.05) is 6.92 Å². The average molecular weight is 346 g/mol. The van der Waals surface area contributed by atoms with Gasteiger partial charge in [-0.25, -0.2) is 4.98 Å².